The molecule has 0 bridgehead atoms. The highest BCUT2D eigenvalue weighted by atomic mass is 32.2. The van der Waals surface area contributed by atoms with Crippen LogP contribution in [0.25, 0.3) is 6.08 Å². The van der Waals surface area contributed by atoms with E-state index in [9.17, 15) is 14.0 Å². The zero-order valence-corrected chi connectivity index (χ0v) is 21.0. The zero-order valence-electron chi connectivity index (χ0n) is 17.7. The Labute approximate surface area is 212 Å². The predicted molar refractivity (Wildman–Crippen MR) is 137 cm³/mol. The molecule has 34 heavy (non-hydrogen) atoms. The van der Waals surface area contributed by atoms with Gasteiger partial charge in [0.25, 0.3) is 5.91 Å². The van der Waals surface area contributed by atoms with Crippen LogP contribution in [0.5, 0.6) is 5.75 Å². The van der Waals surface area contributed by atoms with Gasteiger partial charge in [-0.1, -0.05) is 77.4 Å². The number of benzene rings is 2. The topological polar surface area (TPSA) is 84.4 Å². The molecular formula is C22H17FN4O3S4. The number of nitrogens with zero attached hydrogens (tertiary/aromatic N) is 3. The van der Waals surface area contributed by atoms with Crippen molar-refractivity contribution in [1.82, 2.24) is 15.1 Å². The van der Waals surface area contributed by atoms with Crippen LogP contribution in [0.1, 0.15) is 11.1 Å². The van der Waals surface area contributed by atoms with Crippen molar-refractivity contribution in [2.45, 2.75) is 10.1 Å². The van der Waals surface area contributed by atoms with Gasteiger partial charge in [-0.3, -0.25) is 19.8 Å². The Kier molecular flexibility index (Phi) is 7.93. The average Bonchev–Trinajstić information content (AvgIpc) is 3.38. The quantitative estimate of drug-likeness (QED) is 0.191. The Morgan fingerprint density at radius 3 is 2.74 bits per heavy atom. The fraction of sp³-hybridized carbons (Fsp3) is 0.136. The summed E-state index contributed by atoms with van der Waals surface area (Å²) in [6, 6.07) is 13.8. The predicted octanol–water partition coefficient (Wildman–Crippen LogP) is 4.82. The summed E-state index contributed by atoms with van der Waals surface area (Å²) in [6.45, 7) is -0.234. The largest absolute Gasteiger partial charge is 0.497 e. The standard InChI is InChI=1S/C22H17FN4O3S4/c1-30-15-8-6-13(7-9-15)10-17-19(29)27(22(31)33-17)11-18(28)24-20-25-26-21(34-20)32-12-14-4-2-3-5-16(14)23/h2-10H,11-12H2,1H3,(H,24,25,28)/b17-10-. The Balaban J connectivity index is 1.33. The summed E-state index contributed by atoms with van der Waals surface area (Å²) in [7, 11) is 1.58. The number of aromatic nitrogens is 2. The first-order valence-electron chi connectivity index (χ1n) is 9.82. The molecule has 2 amide bonds. The number of carbonyl (C=O) groups is 2. The third-order valence-corrected chi connectivity index (χ3v) is 7.95. The van der Waals surface area contributed by atoms with E-state index in [2.05, 4.69) is 15.5 Å². The van der Waals surface area contributed by atoms with Crippen molar-refractivity contribution in [3.8, 4) is 5.75 Å². The summed E-state index contributed by atoms with van der Waals surface area (Å²) in [5.41, 5.74) is 1.38. The van der Waals surface area contributed by atoms with Crippen LogP contribution in [-0.2, 0) is 15.3 Å². The van der Waals surface area contributed by atoms with Crippen LogP contribution in [0.4, 0.5) is 9.52 Å². The lowest BCUT2D eigenvalue weighted by Crippen LogP contribution is -2.36. The molecule has 0 radical (unpaired) electrons. The summed E-state index contributed by atoms with van der Waals surface area (Å²) < 4.78 is 19.8. The number of methoxy groups -OCH3 is 1. The van der Waals surface area contributed by atoms with Crippen LogP contribution in [0.15, 0.2) is 57.8 Å². The maximum Gasteiger partial charge on any atom is 0.266 e. The van der Waals surface area contributed by atoms with Crippen LogP contribution >= 0.6 is 47.1 Å². The molecule has 4 rings (SSSR count). The highest BCUT2D eigenvalue weighted by Gasteiger charge is 2.33. The number of thiocarbonyl (C=S) groups is 1. The van der Waals surface area contributed by atoms with Crippen molar-refractivity contribution >= 4 is 74.4 Å². The molecule has 12 heteroatoms. The number of amides is 2. The number of anilines is 1. The lowest BCUT2D eigenvalue weighted by molar-refractivity contribution is -0.126. The third-order valence-electron chi connectivity index (χ3n) is 4.55. The third kappa shape index (κ3) is 6.00. The van der Waals surface area contributed by atoms with Crippen molar-refractivity contribution in [1.29, 1.82) is 0 Å². The molecule has 3 aromatic rings. The molecule has 1 aromatic heterocycles. The fourth-order valence-electron chi connectivity index (χ4n) is 2.86. The summed E-state index contributed by atoms with van der Waals surface area (Å²) >= 11 is 8.94. The summed E-state index contributed by atoms with van der Waals surface area (Å²) in [4.78, 5) is 27.0. The smallest absolute Gasteiger partial charge is 0.266 e. The van der Waals surface area contributed by atoms with E-state index in [1.54, 1.807) is 43.5 Å². The molecule has 0 atom stereocenters. The first-order chi connectivity index (χ1) is 16.4. The molecule has 1 saturated heterocycles. The highest BCUT2D eigenvalue weighted by Crippen LogP contribution is 2.33. The molecule has 0 saturated carbocycles. The van der Waals surface area contributed by atoms with E-state index in [0.717, 1.165) is 17.3 Å². The van der Waals surface area contributed by atoms with Gasteiger partial charge in [0.05, 0.1) is 12.0 Å². The van der Waals surface area contributed by atoms with Crippen LogP contribution in [0, 0.1) is 5.82 Å². The van der Waals surface area contributed by atoms with Gasteiger partial charge in [0, 0.05) is 5.75 Å². The molecule has 2 aromatic carbocycles. The van der Waals surface area contributed by atoms with Gasteiger partial charge >= 0.3 is 0 Å². The summed E-state index contributed by atoms with van der Waals surface area (Å²) in [5, 5.41) is 10.9. The van der Waals surface area contributed by atoms with Crippen LogP contribution < -0.4 is 10.1 Å². The highest BCUT2D eigenvalue weighted by molar-refractivity contribution is 8.26. The number of nitrogens with one attached hydrogen (secondary N) is 1. The number of rotatable bonds is 8. The molecule has 1 aliphatic rings. The SMILES string of the molecule is COc1ccc(/C=C2\SC(=S)N(CC(=O)Nc3nnc(SCc4ccccc4F)s3)C2=O)cc1. The number of halogens is 1. The van der Waals surface area contributed by atoms with Crippen molar-refractivity contribution in [2.75, 3.05) is 19.0 Å². The minimum atomic E-state index is -0.441. The number of hydrogen-bond donors (Lipinski definition) is 1. The maximum atomic E-state index is 13.8. The molecular weight excluding hydrogens is 516 g/mol. The molecule has 0 aliphatic carbocycles. The van der Waals surface area contributed by atoms with Gasteiger partial charge in [-0.15, -0.1) is 10.2 Å². The number of thioether (sulfide) groups is 2. The van der Waals surface area contributed by atoms with Gasteiger partial charge in [-0.2, -0.15) is 0 Å². The van der Waals surface area contributed by atoms with E-state index >= 15 is 0 Å². The van der Waals surface area contributed by atoms with Gasteiger partial charge in [-0.05, 0) is 35.4 Å². The summed E-state index contributed by atoms with van der Waals surface area (Å²) in [6.07, 6.45) is 1.72. The van der Waals surface area contributed by atoms with Gasteiger partial charge < -0.3 is 4.74 Å². The molecule has 0 spiro atoms. The van der Waals surface area contributed by atoms with Gasteiger partial charge in [0.1, 0.15) is 22.4 Å². The second-order valence-corrected chi connectivity index (χ2v) is 10.7. The summed E-state index contributed by atoms with van der Waals surface area (Å²) in [5.74, 6) is 0.0550. The van der Waals surface area contributed by atoms with Crippen molar-refractivity contribution < 1.29 is 18.7 Å². The van der Waals surface area contributed by atoms with E-state index < -0.39 is 5.91 Å². The first-order valence-corrected chi connectivity index (χ1v) is 12.8. The van der Waals surface area contributed by atoms with Gasteiger partial charge in [0.15, 0.2) is 4.34 Å². The Hall–Kier alpha value is -2.80. The Morgan fingerprint density at radius 1 is 1.24 bits per heavy atom. The van der Waals surface area contributed by atoms with E-state index in [1.807, 2.05) is 12.1 Å². The van der Waals surface area contributed by atoms with E-state index in [4.69, 9.17) is 17.0 Å². The van der Waals surface area contributed by atoms with Gasteiger partial charge in [0.2, 0.25) is 11.0 Å². The van der Waals surface area contributed by atoms with Crippen LogP contribution in [0.3, 0.4) is 0 Å². The van der Waals surface area contributed by atoms with Crippen molar-refractivity contribution in [3.63, 3.8) is 0 Å². The second-order valence-electron chi connectivity index (χ2n) is 6.84. The second kappa shape index (κ2) is 11.1. The maximum absolute atomic E-state index is 13.8. The monoisotopic (exact) mass is 532 g/mol. The lowest BCUT2D eigenvalue weighted by Gasteiger charge is -2.13. The molecule has 7 nitrogen and oxygen atoms in total. The zero-order chi connectivity index (χ0) is 24.1. The van der Waals surface area contributed by atoms with E-state index in [-0.39, 0.29) is 18.3 Å². The molecule has 1 fully saturated rings. The minimum absolute atomic E-state index is 0.234. The Bertz CT molecular complexity index is 1260. The number of ether oxygens (including phenoxy) is 1. The Morgan fingerprint density at radius 2 is 2.00 bits per heavy atom. The average molecular weight is 533 g/mol. The van der Waals surface area contributed by atoms with Gasteiger partial charge in [-0.25, -0.2) is 4.39 Å². The molecule has 174 valence electrons. The first kappa shape index (κ1) is 24.3. The van der Waals surface area contributed by atoms with Crippen LogP contribution in [0.2, 0.25) is 0 Å². The van der Waals surface area contributed by atoms with E-state index in [1.165, 1.54) is 34.1 Å². The molecule has 0 unspecified atom stereocenters. The normalized spacial score (nSPS) is 14.6. The minimum Gasteiger partial charge on any atom is -0.497 e. The van der Waals surface area contributed by atoms with Crippen LogP contribution in [-0.4, -0.2) is 44.9 Å². The number of hydrogen-bond acceptors (Lipinski definition) is 9. The lowest BCUT2D eigenvalue weighted by atomic mass is 10.2. The molecule has 1 N–H and O–H groups in total. The van der Waals surface area contributed by atoms with Crippen molar-refractivity contribution in [2.24, 2.45) is 0 Å². The van der Waals surface area contributed by atoms with E-state index in [0.29, 0.717) is 35.8 Å². The van der Waals surface area contributed by atoms with Crippen molar-refractivity contribution in [3.05, 3.63) is 70.4 Å². The fourth-order valence-corrected chi connectivity index (χ4v) is 5.87. The molecule has 2 heterocycles. The molecule has 1 aliphatic heterocycles. The number of carbonyl (C=O) groups excluding carboxylic acids is 2.